The van der Waals surface area contributed by atoms with Gasteiger partial charge in [0.1, 0.15) is 0 Å². The van der Waals surface area contributed by atoms with Crippen molar-refractivity contribution in [2.75, 3.05) is 18.1 Å². The average Bonchev–Trinajstić information content (AvgIpc) is 3.18. The first-order valence-electron chi connectivity index (χ1n) is 8.87. The lowest BCUT2D eigenvalue weighted by Gasteiger charge is -2.34. The summed E-state index contributed by atoms with van der Waals surface area (Å²) in [5.41, 5.74) is 6.90. The molecule has 2 aliphatic rings. The van der Waals surface area contributed by atoms with Crippen LogP contribution < -0.4 is 4.90 Å². The highest BCUT2D eigenvalue weighted by Gasteiger charge is 2.40. The number of anilines is 1. The quantitative estimate of drug-likeness (QED) is 0.725. The highest BCUT2D eigenvalue weighted by molar-refractivity contribution is 5.85. The van der Waals surface area contributed by atoms with Crippen molar-refractivity contribution in [3.8, 4) is 0 Å². The van der Waals surface area contributed by atoms with E-state index >= 15 is 0 Å². The van der Waals surface area contributed by atoms with Crippen LogP contribution in [0.1, 0.15) is 29.8 Å². The largest absolute Gasteiger partial charge is 0.357 e. The van der Waals surface area contributed by atoms with Gasteiger partial charge >= 0.3 is 0 Å². The van der Waals surface area contributed by atoms with Crippen molar-refractivity contribution in [1.29, 1.82) is 0 Å². The van der Waals surface area contributed by atoms with E-state index < -0.39 is 0 Å². The zero-order valence-corrected chi connectivity index (χ0v) is 14.3. The molecule has 0 spiro atoms. The van der Waals surface area contributed by atoms with Gasteiger partial charge in [-0.25, -0.2) is 0 Å². The van der Waals surface area contributed by atoms with Gasteiger partial charge < -0.3 is 9.88 Å². The summed E-state index contributed by atoms with van der Waals surface area (Å²) in [6.07, 6.45) is 1.14. The summed E-state index contributed by atoms with van der Waals surface area (Å²) < 4.78 is 0. The maximum atomic E-state index is 3.68. The summed E-state index contributed by atoms with van der Waals surface area (Å²) in [7, 11) is 0. The van der Waals surface area contributed by atoms with E-state index in [-0.39, 0.29) is 0 Å². The molecule has 0 aliphatic carbocycles. The molecule has 0 radical (unpaired) electrons. The number of H-pyrrole nitrogens is 1. The van der Waals surface area contributed by atoms with Gasteiger partial charge in [-0.05, 0) is 44.0 Å². The number of nitrogens with one attached hydrogen (secondary N) is 1. The summed E-state index contributed by atoms with van der Waals surface area (Å²) in [4.78, 5) is 8.85. The van der Waals surface area contributed by atoms with Gasteiger partial charge in [-0.3, -0.25) is 4.90 Å². The molecule has 0 saturated carbocycles. The Morgan fingerprint density at radius 2 is 1.83 bits per heavy atom. The van der Waals surface area contributed by atoms with Crippen LogP contribution in [0, 0.1) is 6.92 Å². The number of fused-ring (bicyclic) bond motifs is 4. The number of aryl methyl sites for hydroxylation is 1. The molecule has 1 N–H and O–H groups in total. The number of hydrogen-bond donors (Lipinski definition) is 1. The van der Waals surface area contributed by atoms with Gasteiger partial charge in [-0.1, -0.05) is 35.9 Å². The minimum Gasteiger partial charge on any atom is -0.357 e. The monoisotopic (exact) mass is 317 g/mol. The molecule has 24 heavy (non-hydrogen) atoms. The second kappa shape index (κ2) is 5.12. The third-order valence-corrected chi connectivity index (χ3v) is 5.83. The van der Waals surface area contributed by atoms with E-state index in [1.165, 1.54) is 33.4 Å². The zero-order chi connectivity index (χ0) is 16.3. The van der Waals surface area contributed by atoms with Gasteiger partial charge in [0.2, 0.25) is 0 Å². The molecule has 1 aromatic heterocycles. The van der Waals surface area contributed by atoms with Crippen molar-refractivity contribution in [2.45, 2.75) is 32.4 Å². The van der Waals surface area contributed by atoms with Gasteiger partial charge in [-0.15, -0.1) is 0 Å². The number of nitrogens with zero attached hydrogens (tertiary/aromatic N) is 2. The molecule has 2 aromatic carbocycles. The standard InChI is InChI=1S/C21H23N3/c1-14-7-9-16(10-8-14)23-12-17-11-19-18-5-3-4-6-20(18)22-21(19)15(2)24(17)13-23/h3-10,15,17,22H,11-13H2,1-2H3. The first-order chi connectivity index (χ1) is 11.7. The van der Waals surface area contributed by atoms with Crippen LogP contribution in [0.5, 0.6) is 0 Å². The Morgan fingerprint density at radius 3 is 2.67 bits per heavy atom. The van der Waals surface area contributed by atoms with E-state index in [4.69, 9.17) is 0 Å². The van der Waals surface area contributed by atoms with E-state index in [9.17, 15) is 0 Å². The van der Waals surface area contributed by atoms with E-state index in [2.05, 4.69) is 77.2 Å². The van der Waals surface area contributed by atoms with Crippen LogP contribution in [0.4, 0.5) is 5.69 Å². The molecule has 2 aliphatic heterocycles. The van der Waals surface area contributed by atoms with E-state index in [1.807, 2.05) is 0 Å². The van der Waals surface area contributed by atoms with Crippen molar-refractivity contribution >= 4 is 16.6 Å². The fraction of sp³-hybridized carbons (Fsp3) is 0.333. The zero-order valence-electron chi connectivity index (χ0n) is 14.3. The van der Waals surface area contributed by atoms with Crippen LogP contribution in [0.25, 0.3) is 10.9 Å². The molecule has 2 atom stereocenters. The normalized spacial score (nSPS) is 23.5. The Balaban J connectivity index is 1.49. The summed E-state index contributed by atoms with van der Waals surface area (Å²) >= 11 is 0. The number of hydrogen-bond acceptors (Lipinski definition) is 2. The number of aromatic nitrogens is 1. The molecule has 3 heteroatoms. The number of para-hydroxylation sites is 1. The summed E-state index contributed by atoms with van der Waals surface area (Å²) in [5, 5.41) is 1.41. The number of benzene rings is 2. The molecular weight excluding hydrogens is 294 g/mol. The first-order valence-corrected chi connectivity index (χ1v) is 8.87. The minimum absolute atomic E-state index is 0.446. The highest BCUT2D eigenvalue weighted by atomic mass is 15.4. The van der Waals surface area contributed by atoms with E-state index in [1.54, 1.807) is 0 Å². The van der Waals surface area contributed by atoms with Crippen LogP contribution in [0.3, 0.4) is 0 Å². The van der Waals surface area contributed by atoms with Gasteiger partial charge in [0, 0.05) is 40.9 Å². The summed E-state index contributed by atoms with van der Waals surface area (Å²) in [6.45, 7) is 6.63. The second-order valence-electron chi connectivity index (χ2n) is 7.31. The average molecular weight is 317 g/mol. The Bertz CT molecular complexity index is 893. The van der Waals surface area contributed by atoms with E-state index in [0.717, 1.165) is 19.6 Å². The predicted octanol–water partition coefficient (Wildman–Crippen LogP) is 4.24. The smallest absolute Gasteiger partial charge is 0.0716 e. The van der Waals surface area contributed by atoms with Gasteiger partial charge in [0.05, 0.1) is 6.67 Å². The van der Waals surface area contributed by atoms with Crippen molar-refractivity contribution in [3.05, 3.63) is 65.4 Å². The molecular formula is C21H23N3. The van der Waals surface area contributed by atoms with Crippen molar-refractivity contribution in [2.24, 2.45) is 0 Å². The van der Waals surface area contributed by atoms with Gasteiger partial charge in [-0.2, -0.15) is 0 Å². The SMILES string of the molecule is Cc1ccc(N2CC3Cc4c([nH]c5ccccc45)C(C)N3C2)cc1. The summed E-state index contributed by atoms with van der Waals surface area (Å²) in [5.74, 6) is 0. The Hall–Kier alpha value is -2.26. The summed E-state index contributed by atoms with van der Waals surface area (Å²) in [6, 6.07) is 18.7. The molecule has 1 saturated heterocycles. The Kier molecular flexibility index (Phi) is 3.01. The van der Waals surface area contributed by atoms with Crippen molar-refractivity contribution in [1.82, 2.24) is 9.88 Å². The molecule has 3 aromatic rings. The van der Waals surface area contributed by atoms with Crippen LogP contribution in [-0.2, 0) is 6.42 Å². The molecule has 3 nitrogen and oxygen atoms in total. The van der Waals surface area contributed by atoms with Crippen molar-refractivity contribution in [3.63, 3.8) is 0 Å². The lowest BCUT2D eigenvalue weighted by Crippen LogP contribution is -2.39. The third-order valence-electron chi connectivity index (χ3n) is 5.83. The predicted molar refractivity (Wildman–Crippen MR) is 99.4 cm³/mol. The number of rotatable bonds is 1. The molecule has 3 heterocycles. The molecule has 122 valence electrons. The van der Waals surface area contributed by atoms with Gasteiger partial charge in [0.15, 0.2) is 0 Å². The molecule has 1 fully saturated rings. The van der Waals surface area contributed by atoms with Crippen LogP contribution in [-0.4, -0.2) is 29.1 Å². The van der Waals surface area contributed by atoms with Crippen LogP contribution in [0.15, 0.2) is 48.5 Å². The topological polar surface area (TPSA) is 22.3 Å². The highest BCUT2D eigenvalue weighted by Crippen LogP contribution is 2.40. The molecule has 0 bridgehead atoms. The lowest BCUT2D eigenvalue weighted by atomic mass is 9.93. The van der Waals surface area contributed by atoms with Crippen LogP contribution in [0.2, 0.25) is 0 Å². The Labute approximate surface area is 142 Å². The van der Waals surface area contributed by atoms with Crippen molar-refractivity contribution < 1.29 is 0 Å². The minimum atomic E-state index is 0.446. The molecule has 2 unspecified atom stereocenters. The Morgan fingerprint density at radius 1 is 1.04 bits per heavy atom. The molecule has 0 amide bonds. The molecule has 5 rings (SSSR count). The van der Waals surface area contributed by atoms with Crippen LogP contribution >= 0.6 is 0 Å². The maximum Gasteiger partial charge on any atom is 0.0716 e. The maximum absolute atomic E-state index is 3.68. The fourth-order valence-electron chi connectivity index (χ4n) is 4.49. The third kappa shape index (κ3) is 2.01. The second-order valence-corrected chi connectivity index (χ2v) is 7.31. The number of aromatic amines is 1. The van der Waals surface area contributed by atoms with Gasteiger partial charge in [0.25, 0.3) is 0 Å². The fourth-order valence-corrected chi connectivity index (χ4v) is 4.49. The first kappa shape index (κ1) is 14.1. The lowest BCUT2D eigenvalue weighted by molar-refractivity contribution is 0.178. The van der Waals surface area contributed by atoms with E-state index in [0.29, 0.717) is 12.1 Å².